The third-order valence-electron chi connectivity index (χ3n) is 3.13. The number of carboxylic acid groups (broad SMARTS) is 1. The molecule has 0 fully saturated rings. The summed E-state index contributed by atoms with van der Waals surface area (Å²) in [5, 5.41) is 15.4. The van der Waals surface area contributed by atoms with Gasteiger partial charge in [-0.25, -0.2) is 4.79 Å². The fraction of sp³-hybridized carbons (Fsp3) is 0.333. The van der Waals surface area contributed by atoms with Crippen molar-refractivity contribution in [2.75, 3.05) is 0 Å². The van der Waals surface area contributed by atoms with Gasteiger partial charge in [0.05, 0.1) is 0 Å². The first kappa shape index (κ1) is 15.7. The van der Waals surface area contributed by atoms with Gasteiger partial charge in [0.15, 0.2) is 0 Å². The Morgan fingerprint density at radius 3 is 2.59 bits per heavy atom. The van der Waals surface area contributed by atoms with Gasteiger partial charge in [-0.3, -0.25) is 4.79 Å². The summed E-state index contributed by atoms with van der Waals surface area (Å²) in [5.74, 6) is -0.928. The van der Waals surface area contributed by atoms with E-state index in [0.29, 0.717) is 22.8 Å². The summed E-state index contributed by atoms with van der Waals surface area (Å²) in [6, 6.07) is 5.69. The van der Waals surface area contributed by atoms with Crippen molar-refractivity contribution in [2.24, 2.45) is 5.92 Å². The van der Waals surface area contributed by atoms with E-state index >= 15 is 0 Å². The van der Waals surface area contributed by atoms with E-state index in [-0.39, 0.29) is 5.92 Å². The summed E-state index contributed by atoms with van der Waals surface area (Å²) in [6.07, 6.45) is 0. The molecule has 1 aromatic carbocycles. The zero-order valence-electron chi connectivity index (χ0n) is 12.5. The monoisotopic (exact) mass is 303 g/mol. The van der Waals surface area contributed by atoms with E-state index in [0.717, 1.165) is 0 Å². The summed E-state index contributed by atoms with van der Waals surface area (Å²) in [6.45, 7) is 5.14. The van der Waals surface area contributed by atoms with Crippen molar-refractivity contribution in [1.82, 2.24) is 15.5 Å². The van der Waals surface area contributed by atoms with E-state index in [2.05, 4.69) is 15.5 Å². The standard InChI is InChI=1S/C15H17N3O4/c1-8(2)12(15(20)21)17-14(19)11-6-4-5-10(7-11)13-16-9(3)22-18-13/h4-8,12H,1-3H3,(H,17,19)(H,20,21). The predicted molar refractivity (Wildman–Crippen MR) is 78.2 cm³/mol. The molecule has 1 heterocycles. The third kappa shape index (κ3) is 3.49. The summed E-state index contributed by atoms with van der Waals surface area (Å²) < 4.78 is 4.91. The number of hydrogen-bond acceptors (Lipinski definition) is 5. The third-order valence-corrected chi connectivity index (χ3v) is 3.13. The molecular weight excluding hydrogens is 286 g/mol. The average molecular weight is 303 g/mol. The number of aromatic nitrogens is 2. The van der Waals surface area contributed by atoms with E-state index in [1.807, 2.05) is 0 Å². The number of nitrogens with zero attached hydrogens (tertiary/aromatic N) is 2. The van der Waals surface area contributed by atoms with Gasteiger partial charge in [0.1, 0.15) is 6.04 Å². The van der Waals surface area contributed by atoms with Crippen molar-refractivity contribution in [3.8, 4) is 11.4 Å². The van der Waals surface area contributed by atoms with Gasteiger partial charge in [-0.15, -0.1) is 0 Å². The largest absolute Gasteiger partial charge is 0.480 e. The normalized spacial score (nSPS) is 12.2. The Balaban J connectivity index is 2.22. The van der Waals surface area contributed by atoms with Gasteiger partial charge in [-0.05, 0) is 18.1 Å². The lowest BCUT2D eigenvalue weighted by Gasteiger charge is -2.17. The molecule has 1 unspecified atom stereocenters. The van der Waals surface area contributed by atoms with Crippen molar-refractivity contribution >= 4 is 11.9 Å². The maximum atomic E-state index is 12.2. The molecule has 0 saturated heterocycles. The molecule has 0 aliphatic rings. The smallest absolute Gasteiger partial charge is 0.326 e. The van der Waals surface area contributed by atoms with E-state index in [1.165, 1.54) is 0 Å². The highest BCUT2D eigenvalue weighted by Gasteiger charge is 2.24. The van der Waals surface area contributed by atoms with Crippen LogP contribution in [0, 0.1) is 12.8 Å². The molecule has 0 spiro atoms. The number of aryl methyl sites for hydroxylation is 1. The number of amides is 1. The first-order valence-corrected chi connectivity index (χ1v) is 6.83. The number of carbonyl (C=O) groups is 2. The molecule has 7 heteroatoms. The summed E-state index contributed by atoms with van der Waals surface area (Å²) in [4.78, 5) is 27.5. The minimum absolute atomic E-state index is 0.218. The van der Waals surface area contributed by atoms with Crippen molar-refractivity contribution < 1.29 is 19.2 Å². The van der Waals surface area contributed by atoms with Crippen LogP contribution in [-0.2, 0) is 4.79 Å². The van der Waals surface area contributed by atoms with Gasteiger partial charge in [0.25, 0.3) is 5.91 Å². The van der Waals surface area contributed by atoms with Gasteiger partial charge >= 0.3 is 5.97 Å². The highest BCUT2D eigenvalue weighted by molar-refractivity contribution is 5.97. The number of carboxylic acids is 1. The molecule has 1 amide bonds. The van der Waals surface area contributed by atoms with Crippen LogP contribution in [0.5, 0.6) is 0 Å². The molecule has 22 heavy (non-hydrogen) atoms. The Labute approximate surface area is 127 Å². The highest BCUT2D eigenvalue weighted by atomic mass is 16.5. The second-order valence-corrected chi connectivity index (χ2v) is 5.25. The minimum Gasteiger partial charge on any atom is -0.480 e. The van der Waals surface area contributed by atoms with Crippen LogP contribution in [0.3, 0.4) is 0 Å². The fourth-order valence-electron chi connectivity index (χ4n) is 1.95. The van der Waals surface area contributed by atoms with Crippen LogP contribution < -0.4 is 5.32 Å². The van der Waals surface area contributed by atoms with Gasteiger partial charge in [0.2, 0.25) is 11.7 Å². The van der Waals surface area contributed by atoms with Crippen LogP contribution in [0.25, 0.3) is 11.4 Å². The van der Waals surface area contributed by atoms with Gasteiger partial charge in [-0.2, -0.15) is 4.98 Å². The Morgan fingerprint density at radius 1 is 1.32 bits per heavy atom. The average Bonchev–Trinajstić information content (AvgIpc) is 2.90. The minimum atomic E-state index is -1.06. The Morgan fingerprint density at radius 2 is 2.05 bits per heavy atom. The summed E-state index contributed by atoms with van der Waals surface area (Å²) in [7, 11) is 0. The molecule has 2 rings (SSSR count). The Hall–Kier alpha value is -2.70. The molecule has 7 nitrogen and oxygen atoms in total. The maximum absolute atomic E-state index is 12.2. The van der Waals surface area contributed by atoms with Crippen molar-refractivity contribution in [2.45, 2.75) is 26.8 Å². The lowest BCUT2D eigenvalue weighted by Crippen LogP contribution is -2.44. The Kier molecular flexibility index (Phi) is 4.55. The first-order valence-electron chi connectivity index (χ1n) is 6.83. The molecule has 0 aliphatic heterocycles. The molecule has 2 N–H and O–H groups in total. The van der Waals surface area contributed by atoms with E-state index in [1.54, 1.807) is 45.0 Å². The van der Waals surface area contributed by atoms with E-state index in [4.69, 9.17) is 9.63 Å². The summed E-state index contributed by atoms with van der Waals surface area (Å²) >= 11 is 0. The van der Waals surface area contributed by atoms with Gasteiger partial charge in [0, 0.05) is 18.1 Å². The fourth-order valence-corrected chi connectivity index (χ4v) is 1.95. The Bertz CT molecular complexity index is 694. The number of benzene rings is 1. The lowest BCUT2D eigenvalue weighted by atomic mass is 10.0. The van der Waals surface area contributed by atoms with Gasteiger partial charge < -0.3 is 14.9 Å². The lowest BCUT2D eigenvalue weighted by molar-refractivity contribution is -0.140. The molecule has 0 bridgehead atoms. The number of hydrogen-bond donors (Lipinski definition) is 2. The topological polar surface area (TPSA) is 105 Å². The highest BCUT2D eigenvalue weighted by Crippen LogP contribution is 2.17. The van der Waals surface area contributed by atoms with Crippen molar-refractivity contribution in [1.29, 1.82) is 0 Å². The van der Waals surface area contributed by atoms with Crippen LogP contribution >= 0.6 is 0 Å². The molecule has 0 aliphatic carbocycles. The van der Waals surface area contributed by atoms with Crippen molar-refractivity contribution in [3.63, 3.8) is 0 Å². The number of carbonyl (C=O) groups excluding carboxylic acids is 1. The molecule has 0 radical (unpaired) electrons. The number of aliphatic carboxylic acids is 1. The molecule has 1 aromatic heterocycles. The molecule has 2 aromatic rings. The zero-order chi connectivity index (χ0) is 16.3. The predicted octanol–water partition coefficient (Wildman–Crippen LogP) is 1.88. The number of nitrogens with one attached hydrogen (secondary N) is 1. The second-order valence-electron chi connectivity index (χ2n) is 5.25. The molecule has 1 atom stereocenters. The van der Waals surface area contributed by atoms with Crippen LogP contribution in [0.4, 0.5) is 0 Å². The maximum Gasteiger partial charge on any atom is 0.326 e. The molecular formula is C15H17N3O4. The zero-order valence-corrected chi connectivity index (χ0v) is 12.5. The summed E-state index contributed by atoms with van der Waals surface area (Å²) in [5.41, 5.74) is 0.966. The quantitative estimate of drug-likeness (QED) is 0.873. The molecule has 0 saturated carbocycles. The van der Waals surface area contributed by atoms with E-state index in [9.17, 15) is 9.59 Å². The first-order chi connectivity index (χ1) is 10.4. The van der Waals surface area contributed by atoms with Crippen LogP contribution in [0.15, 0.2) is 28.8 Å². The van der Waals surface area contributed by atoms with E-state index < -0.39 is 17.9 Å². The van der Waals surface area contributed by atoms with Gasteiger partial charge in [-0.1, -0.05) is 31.1 Å². The van der Waals surface area contributed by atoms with Crippen molar-refractivity contribution in [3.05, 3.63) is 35.7 Å². The van der Waals surface area contributed by atoms with Crippen LogP contribution in [0.1, 0.15) is 30.1 Å². The molecule has 116 valence electrons. The number of rotatable bonds is 5. The van der Waals surface area contributed by atoms with Crippen LogP contribution in [0.2, 0.25) is 0 Å². The second kappa shape index (κ2) is 6.38. The van der Waals surface area contributed by atoms with Crippen LogP contribution in [-0.4, -0.2) is 33.2 Å². The SMILES string of the molecule is Cc1nc(-c2cccc(C(=O)NC(C(=O)O)C(C)C)c2)no1.